The summed E-state index contributed by atoms with van der Waals surface area (Å²) in [6, 6.07) is 9.95. The van der Waals surface area contributed by atoms with Crippen LogP contribution in [0.15, 0.2) is 35.7 Å². The van der Waals surface area contributed by atoms with Gasteiger partial charge in [-0.2, -0.15) is 0 Å². The van der Waals surface area contributed by atoms with Crippen LogP contribution >= 0.6 is 11.3 Å². The van der Waals surface area contributed by atoms with E-state index in [0.717, 1.165) is 29.1 Å². The molecule has 0 unspecified atom stereocenters. The lowest BCUT2D eigenvalue weighted by Crippen LogP contribution is -2.37. The third-order valence-corrected chi connectivity index (χ3v) is 5.55. The summed E-state index contributed by atoms with van der Waals surface area (Å²) >= 11 is 1.52. The first-order valence-electron chi connectivity index (χ1n) is 9.24. The smallest absolute Gasteiger partial charge is 0.239 e. The zero-order valence-corrected chi connectivity index (χ0v) is 15.7. The van der Waals surface area contributed by atoms with Gasteiger partial charge in [-0.15, -0.1) is 11.3 Å². The number of carbonyl (C=O) groups is 2. The first-order valence-corrected chi connectivity index (χ1v) is 10.1. The van der Waals surface area contributed by atoms with Gasteiger partial charge in [-0.3, -0.25) is 9.59 Å². The number of carbonyl (C=O) groups excluding carboxylic acids is 2. The highest BCUT2D eigenvalue weighted by molar-refractivity contribution is 7.09. The van der Waals surface area contributed by atoms with Gasteiger partial charge >= 0.3 is 0 Å². The van der Waals surface area contributed by atoms with Crippen LogP contribution in [0.3, 0.4) is 0 Å². The highest BCUT2D eigenvalue weighted by atomic mass is 32.1. The number of hydrogen-bond donors (Lipinski definition) is 2. The van der Waals surface area contributed by atoms with Crippen LogP contribution in [0.1, 0.15) is 43.5 Å². The van der Waals surface area contributed by atoms with E-state index in [0.29, 0.717) is 18.9 Å². The van der Waals surface area contributed by atoms with Gasteiger partial charge in [0.25, 0.3) is 0 Å². The molecule has 2 aromatic rings. The Hall–Kier alpha value is -2.21. The Labute approximate surface area is 158 Å². The van der Waals surface area contributed by atoms with Crippen molar-refractivity contribution >= 4 is 23.2 Å². The molecule has 0 aliphatic heterocycles. The molecular formula is C20H25N3O2S. The monoisotopic (exact) mass is 371 g/mol. The molecule has 1 aromatic heterocycles. The molecule has 6 heteroatoms. The Morgan fingerprint density at radius 3 is 2.58 bits per heavy atom. The molecule has 5 nitrogen and oxygen atoms in total. The first kappa shape index (κ1) is 18.6. The SMILES string of the molecule is O=C(CNC(=O)CC1CCCCC1)NCc1nc(-c2ccccc2)cs1. The van der Waals surface area contributed by atoms with Crippen LogP contribution in [0, 0.1) is 5.92 Å². The second-order valence-electron chi connectivity index (χ2n) is 6.75. The van der Waals surface area contributed by atoms with Crippen molar-refractivity contribution < 1.29 is 9.59 Å². The van der Waals surface area contributed by atoms with Crippen LogP contribution in [0.2, 0.25) is 0 Å². The maximum atomic E-state index is 11.9. The molecule has 2 amide bonds. The molecule has 0 bridgehead atoms. The molecule has 2 N–H and O–H groups in total. The number of amides is 2. The fourth-order valence-electron chi connectivity index (χ4n) is 3.27. The minimum atomic E-state index is -0.182. The van der Waals surface area contributed by atoms with Gasteiger partial charge in [0.1, 0.15) is 5.01 Å². The summed E-state index contributed by atoms with van der Waals surface area (Å²) in [6.07, 6.45) is 6.53. The molecule has 0 atom stereocenters. The summed E-state index contributed by atoms with van der Waals surface area (Å²) in [5, 5.41) is 8.39. The Morgan fingerprint density at radius 2 is 1.81 bits per heavy atom. The minimum Gasteiger partial charge on any atom is -0.348 e. The van der Waals surface area contributed by atoms with Crippen molar-refractivity contribution in [1.29, 1.82) is 0 Å². The lowest BCUT2D eigenvalue weighted by atomic mass is 9.87. The topological polar surface area (TPSA) is 71.1 Å². The lowest BCUT2D eigenvalue weighted by Gasteiger charge is -2.20. The largest absolute Gasteiger partial charge is 0.348 e. The van der Waals surface area contributed by atoms with Gasteiger partial charge in [0.2, 0.25) is 11.8 Å². The average molecular weight is 372 g/mol. The van der Waals surface area contributed by atoms with E-state index in [1.54, 1.807) is 0 Å². The number of nitrogens with one attached hydrogen (secondary N) is 2. The number of aromatic nitrogens is 1. The Bertz CT molecular complexity index is 724. The van der Waals surface area contributed by atoms with Crippen molar-refractivity contribution in [3.63, 3.8) is 0 Å². The second-order valence-corrected chi connectivity index (χ2v) is 7.70. The molecule has 1 saturated carbocycles. The van der Waals surface area contributed by atoms with Gasteiger partial charge in [0.05, 0.1) is 18.8 Å². The molecule has 1 fully saturated rings. The molecule has 1 aliphatic rings. The summed E-state index contributed by atoms with van der Waals surface area (Å²) in [4.78, 5) is 28.4. The lowest BCUT2D eigenvalue weighted by molar-refractivity contribution is -0.126. The molecular weight excluding hydrogens is 346 g/mol. The van der Waals surface area contributed by atoms with Crippen molar-refractivity contribution in [2.24, 2.45) is 5.92 Å². The fraction of sp³-hybridized carbons (Fsp3) is 0.450. The van der Waals surface area contributed by atoms with Crippen LogP contribution < -0.4 is 10.6 Å². The van der Waals surface area contributed by atoms with Crippen molar-refractivity contribution in [3.8, 4) is 11.3 Å². The normalized spacial score (nSPS) is 14.8. The molecule has 0 saturated heterocycles. The third kappa shape index (κ3) is 5.66. The average Bonchev–Trinajstić information content (AvgIpc) is 3.15. The molecule has 0 radical (unpaired) electrons. The van der Waals surface area contributed by atoms with E-state index in [2.05, 4.69) is 15.6 Å². The number of nitrogens with zero attached hydrogens (tertiary/aromatic N) is 1. The standard InChI is InChI=1S/C20H25N3O2S/c24-18(11-15-7-3-1-4-8-15)21-12-19(25)22-13-20-23-17(14-26-20)16-9-5-2-6-10-16/h2,5-6,9-10,14-15H,1,3-4,7-8,11-13H2,(H,21,24)(H,22,25). The van der Waals surface area contributed by atoms with Crippen molar-refractivity contribution in [2.75, 3.05) is 6.54 Å². The van der Waals surface area contributed by atoms with E-state index in [9.17, 15) is 9.59 Å². The molecule has 1 aromatic carbocycles. The van der Waals surface area contributed by atoms with Gasteiger partial charge in [-0.05, 0) is 18.8 Å². The summed E-state index contributed by atoms with van der Waals surface area (Å²) in [6.45, 7) is 0.414. The first-order chi connectivity index (χ1) is 12.7. The van der Waals surface area contributed by atoms with Crippen LogP contribution in [-0.2, 0) is 16.1 Å². The predicted molar refractivity (Wildman–Crippen MR) is 104 cm³/mol. The Kier molecular flexibility index (Phi) is 6.77. The van der Waals surface area contributed by atoms with Gasteiger partial charge in [-0.25, -0.2) is 4.98 Å². The minimum absolute atomic E-state index is 0.0207. The van der Waals surface area contributed by atoms with Crippen LogP contribution in [0.4, 0.5) is 0 Å². The van der Waals surface area contributed by atoms with E-state index in [4.69, 9.17) is 0 Å². The number of benzene rings is 1. The number of hydrogen-bond acceptors (Lipinski definition) is 4. The predicted octanol–water partition coefficient (Wildman–Crippen LogP) is 3.51. The summed E-state index contributed by atoms with van der Waals surface area (Å²) in [5.74, 6) is 0.282. The second kappa shape index (κ2) is 9.48. The zero-order valence-electron chi connectivity index (χ0n) is 14.9. The third-order valence-electron chi connectivity index (χ3n) is 4.70. The molecule has 1 aliphatic carbocycles. The number of rotatable bonds is 7. The molecule has 0 spiro atoms. The molecule has 3 rings (SSSR count). The van der Waals surface area contributed by atoms with Gasteiger partial charge in [0, 0.05) is 17.4 Å². The fourth-order valence-corrected chi connectivity index (χ4v) is 4.02. The molecule has 26 heavy (non-hydrogen) atoms. The van der Waals surface area contributed by atoms with Crippen molar-refractivity contribution in [3.05, 3.63) is 40.7 Å². The Morgan fingerprint density at radius 1 is 1.04 bits per heavy atom. The van der Waals surface area contributed by atoms with Crippen LogP contribution in [-0.4, -0.2) is 23.3 Å². The molecule has 138 valence electrons. The highest BCUT2D eigenvalue weighted by Crippen LogP contribution is 2.26. The van der Waals surface area contributed by atoms with Gasteiger partial charge in [-0.1, -0.05) is 49.6 Å². The van der Waals surface area contributed by atoms with E-state index in [-0.39, 0.29) is 18.4 Å². The van der Waals surface area contributed by atoms with Gasteiger partial charge < -0.3 is 10.6 Å². The van der Waals surface area contributed by atoms with E-state index in [1.807, 2.05) is 35.7 Å². The van der Waals surface area contributed by atoms with E-state index in [1.165, 1.54) is 30.6 Å². The summed E-state index contributed by atoms with van der Waals surface area (Å²) in [7, 11) is 0. The Balaban J connectivity index is 1.37. The number of thiazole rings is 1. The maximum Gasteiger partial charge on any atom is 0.239 e. The van der Waals surface area contributed by atoms with Crippen molar-refractivity contribution in [2.45, 2.75) is 45.1 Å². The zero-order chi connectivity index (χ0) is 18.2. The van der Waals surface area contributed by atoms with Crippen molar-refractivity contribution in [1.82, 2.24) is 15.6 Å². The summed E-state index contributed by atoms with van der Waals surface area (Å²) in [5.41, 5.74) is 1.98. The van der Waals surface area contributed by atoms with E-state index < -0.39 is 0 Å². The quantitative estimate of drug-likeness (QED) is 0.782. The summed E-state index contributed by atoms with van der Waals surface area (Å²) < 4.78 is 0. The van der Waals surface area contributed by atoms with Gasteiger partial charge in [0.15, 0.2) is 0 Å². The highest BCUT2D eigenvalue weighted by Gasteiger charge is 2.17. The maximum absolute atomic E-state index is 11.9. The van der Waals surface area contributed by atoms with Crippen LogP contribution in [0.5, 0.6) is 0 Å². The van der Waals surface area contributed by atoms with Crippen LogP contribution in [0.25, 0.3) is 11.3 Å². The molecule has 1 heterocycles. The van der Waals surface area contributed by atoms with E-state index >= 15 is 0 Å².